The molecule has 0 bridgehead atoms. The highest BCUT2D eigenvalue weighted by Gasteiger charge is 2.21. The SMILES string of the molecule is Cc1nc(-n2ncnc2C2C=NC=N2)n(C)c1C. The van der Waals surface area contributed by atoms with Gasteiger partial charge in [-0.25, -0.2) is 15.0 Å². The molecule has 0 saturated carbocycles. The van der Waals surface area contributed by atoms with Gasteiger partial charge in [-0.15, -0.1) is 0 Å². The Kier molecular flexibility index (Phi) is 2.32. The van der Waals surface area contributed by atoms with Crippen LogP contribution < -0.4 is 0 Å². The van der Waals surface area contributed by atoms with E-state index in [-0.39, 0.29) is 6.04 Å². The highest BCUT2D eigenvalue weighted by atomic mass is 15.4. The fourth-order valence-corrected chi connectivity index (χ4v) is 1.90. The number of aromatic nitrogens is 5. The largest absolute Gasteiger partial charge is 0.316 e. The van der Waals surface area contributed by atoms with Crippen molar-refractivity contribution in [3.05, 3.63) is 23.5 Å². The second kappa shape index (κ2) is 3.86. The first-order valence-corrected chi connectivity index (χ1v) is 5.63. The first kappa shape index (κ1) is 10.8. The Morgan fingerprint density at radius 1 is 1.28 bits per heavy atom. The molecule has 0 aromatic carbocycles. The molecule has 18 heavy (non-hydrogen) atoms. The van der Waals surface area contributed by atoms with E-state index in [4.69, 9.17) is 0 Å². The van der Waals surface area contributed by atoms with Crippen molar-refractivity contribution in [1.82, 2.24) is 24.3 Å². The molecule has 1 unspecified atom stereocenters. The van der Waals surface area contributed by atoms with Crippen LogP contribution in [0.2, 0.25) is 0 Å². The molecule has 7 nitrogen and oxygen atoms in total. The molecular formula is C11H13N7. The van der Waals surface area contributed by atoms with E-state index in [1.165, 1.54) is 12.7 Å². The van der Waals surface area contributed by atoms with Crippen LogP contribution in [0.15, 0.2) is 16.3 Å². The van der Waals surface area contributed by atoms with Gasteiger partial charge in [-0.2, -0.15) is 9.78 Å². The molecule has 92 valence electrons. The van der Waals surface area contributed by atoms with Gasteiger partial charge < -0.3 is 4.57 Å². The van der Waals surface area contributed by atoms with Crippen molar-refractivity contribution in [1.29, 1.82) is 0 Å². The van der Waals surface area contributed by atoms with Crippen LogP contribution in [-0.2, 0) is 7.05 Å². The Morgan fingerprint density at radius 3 is 2.72 bits per heavy atom. The Hall–Kier alpha value is -2.31. The van der Waals surface area contributed by atoms with E-state index in [0.29, 0.717) is 0 Å². The van der Waals surface area contributed by atoms with Gasteiger partial charge in [0.2, 0.25) is 5.95 Å². The maximum absolute atomic E-state index is 4.51. The van der Waals surface area contributed by atoms with Gasteiger partial charge in [0.1, 0.15) is 18.7 Å². The molecule has 0 radical (unpaired) electrons. The van der Waals surface area contributed by atoms with E-state index in [1.807, 2.05) is 25.5 Å². The third-order valence-electron chi connectivity index (χ3n) is 3.14. The smallest absolute Gasteiger partial charge is 0.232 e. The topological polar surface area (TPSA) is 73.2 Å². The van der Waals surface area contributed by atoms with Crippen molar-refractivity contribution in [2.24, 2.45) is 17.0 Å². The lowest BCUT2D eigenvalue weighted by Crippen LogP contribution is -2.12. The van der Waals surface area contributed by atoms with Gasteiger partial charge in [-0.3, -0.25) is 4.99 Å². The first-order valence-electron chi connectivity index (χ1n) is 5.63. The van der Waals surface area contributed by atoms with Gasteiger partial charge in [0.15, 0.2) is 5.82 Å². The van der Waals surface area contributed by atoms with Crippen LogP contribution in [0.5, 0.6) is 0 Å². The van der Waals surface area contributed by atoms with Gasteiger partial charge in [-0.05, 0) is 13.8 Å². The van der Waals surface area contributed by atoms with Crippen molar-refractivity contribution in [3.8, 4) is 5.95 Å². The Labute approximate surface area is 104 Å². The molecule has 3 heterocycles. The molecular weight excluding hydrogens is 230 g/mol. The summed E-state index contributed by atoms with van der Waals surface area (Å²) in [6.45, 7) is 4.00. The number of nitrogens with zero attached hydrogens (tertiary/aromatic N) is 7. The number of rotatable bonds is 2. The summed E-state index contributed by atoms with van der Waals surface area (Å²) in [5.74, 6) is 1.47. The first-order chi connectivity index (χ1) is 8.68. The molecule has 0 saturated heterocycles. The van der Waals surface area contributed by atoms with Crippen molar-refractivity contribution >= 4 is 12.6 Å². The minimum absolute atomic E-state index is 0.176. The van der Waals surface area contributed by atoms with Crippen LogP contribution in [-0.4, -0.2) is 36.9 Å². The van der Waals surface area contributed by atoms with Crippen LogP contribution in [0.3, 0.4) is 0 Å². The van der Waals surface area contributed by atoms with E-state index in [9.17, 15) is 0 Å². The monoisotopic (exact) mass is 243 g/mol. The molecule has 3 rings (SSSR count). The minimum atomic E-state index is -0.176. The Bertz CT molecular complexity index is 634. The molecule has 2 aromatic rings. The summed E-state index contributed by atoms with van der Waals surface area (Å²) in [6.07, 6.45) is 4.78. The molecule has 7 heteroatoms. The average Bonchev–Trinajstić information content (AvgIpc) is 3.05. The van der Waals surface area contributed by atoms with Gasteiger partial charge in [-0.1, -0.05) is 0 Å². The summed E-state index contributed by atoms with van der Waals surface area (Å²) in [7, 11) is 1.96. The molecule has 0 fully saturated rings. The van der Waals surface area contributed by atoms with Gasteiger partial charge >= 0.3 is 0 Å². The number of hydrogen-bond donors (Lipinski definition) is 0. The van der Waals surface area contributed by atoms with Crippen LogP contribution in [0.4, 0.5) is 0 Å². The molecule has 0 N–H and O–H groups in total. The normalized spacial score (nSPS) is 17.8. The van der Waals surface area contributed by atoms with E-state index < -0.39 is 0 Å². The van der Waals surface area contributed by atoms with E-state index in [1.54, 1.807) is 10.9 Å². The number of aliphatic imine (C=N–C) groups is 2. The zero-order valence-electron chi connectivity index (χ0n) is 10.4. The summed E-state index contributed by atoms with van der Waals surface area (Å²) < 4.78 is 3.70. The summed E-state index contributed by atoms with van der Waals surface area (Å²) in [5, 5.41) is 4.23. The lowest BCUT2D eigenvalue weighted by molar-refractivity contribution is 0.691. The van der Waals surface area contributed by atoms with Gasteiger partial charge in [0, 0.05) is 19.0 Å². The standard InChI is InChI=1S/C11H13N7/c1-7-8(2)17(3)11(16-7)18-10(14-6-15-18)9-4-12-5-13-9/h4-6,9H,1-3H3. The van der Waals surface area contributed by atoms with Gasteiger partial charge in [0.05, 0.1) is 5.69 Å². The molecule has 1 aliphatic rings. The third-order valence-corrected chi connectivity index (χ3v) is 3.14. The number of imidazole rings is 1. The summed E-state index contributed by atoms with van der Waals surface area (Å²) in [6, 6.07) is -0.176. The molecule has 0 amide bonds. The van der Waals surface area contributed by atoms with Crippen LogP contribution >= 0.6 is 0 Å². The molecule has 1 aliphatic heterocycles. The highest BCUT2D eigenvalue weighted by molar-refractivity contribution is 5.82. The van der Waals surface area contributed by atoms with Crippen LogP contribution in [0.1, 0.15) is 23.3 Å². The highest BCUT2D eigenvalue weighted by Crippen LogP contribution is 2.19. The lowest BCUT2D eigenvalue weighted by atomic mass is 10.3. The Morgan fingerprint density at radius 2 is 2.11 bits per heavy atom. The number of aryl methyl sites for hydroxylation is 1. The van der Waals surface area contributed by atoms with Crippen molar-refractivity contribution in [2.75, 3.05) is 0 Å². The predicted molar refractivity (Wildman–Crippen MR) is 67.3 cm³/mol. The molecule has 2 aromatic heterocycles. The molecule has 1 atom stereocenters. The van der Waals surface area contributed by atoms with Crippen molar-refractivity contribution < 1.29 is 0 Å². The summed E-state index contributed by atoms with van der Waals surface area (Å²) in [5.41, 5.74) is 2.09. The zero-order valence-corrected chi connectivity index (χ0v) is 10.4. The second-order valence-electron chi connectivity index (χ2n) is 4.18. The Balaban J connectivity index is 2.12. The number of hydrogen-bond acceptors (Lipinski definition) is 5. The predicted octanol–water partition coefficient (Wildman–Crippen LogP) is 0.771. The zero-order chi connectivity index (χ0) is 12.7. The quantitative estimate of drug-likeness (QED) is 0.782. The molecule has 0 spiro atoms. The molecule has 0 aliphatic carbocycles. The van der Waals surface area contributed by atoms with E-state index >= 15 is 0 Å². The minimum Gasteiger partial charge on any atom is -0.316 e. The fourth-order valence-electron chi connectivity index (χ4n) is 1.90. The summed E-state index contributed by atoms with van der Waals surface area (Å²) >= 11 is 0. The van der Waals surface area contributed by atoms with Crippen LogP contribution in [0.25, 0.3) is 5.95 Å². The maximum Gasteiger partial charge on any atom is 0.232 e. The van der Waals surface area contributed by atoms with E-state index in [0.717, 1.165) is 23.2 Å². The maximum atomic E-state index is 4.51. The van der Waals surface area contributed by atoms with E-state index in [2.05, 4.69) is 25.1 Å². The third kappa shape index (κ3) is 1.47. The van der Waals surface area contributed by atoms with Crippen molar-refractivity contribution in [3.63, 3.8) is 0 Å². The fraction of sp³-hybridized carbons (Fsp3) is 0.364. The summed E-state index contributed by atoms with van der Waals surface area (Å²) in [4.78, 5) is 17.0. The van der Waals surface area contributed by atoms with Gasteiger partial charge in [0.25, 0.3) is 0 Å². The average molecular weight is 243 g/mol. The van der Waals surface area contributed by atoms with Crippen LogP contribution in [0, 0.1) is 13.8 Å². The van der Waals surface area contributed by atoms with Crippen molar-refractivity contribution in [2.45, 2.75) is 19.9 Å². The lowest BCUT2D eigenvalue weighted by Gasteiger charge is -2.07. The second-order valence-corrected chi connectivity index (χ2v) is 4.18.